The lowest BCUT2D eigenvalue weighted by Crippen LogP contribution is -2.29. The van der Waals surface area contributed by atoms with Crippen molar-refractivity contribution >= 4 is 38.6 Å². The lowest BCUT2D eigenvalue weighted by atomic mass is 9.85. The van der Waals surface area contributed by atoms with Crippen LogP contribution in [0.3, 0.4) is 0 Å². The Balaban J connectivity index is 1.50. The first-order chi connectivity index (χ1) is 15.5. The largest absolute Gasteiger partial charge is 0.352 e. The van der Waals surface area contributed by atoms with E-state index in [1.807, 2.05) is 49.4 Å². The van der Waals surface area contributed by atoms with Crippen molar-refractivity contribution in [2.24, 2.45) is 5.41 Å². The van der Waals surface area contributed by atoms with Gasteiger partial charge in [0.1, 0.15) is 5.69 Å². The van der Waals surface area contributed by atoms with Gasteiger partial charge in [0.05, 0.1) is 0 Å². The minimum Gasteiger partial charge on any atom is -0.352 e. The molecule has 33 heavy (non-hydrogen) atoms. The molecule has 0 unspecified atom stereocenters. The Morgan fingerprint density at radius 3 is 2.24 bits per heavy atom. The zero-order valence-corrected chi connectivity index (χ0v) is 20.5. The van der Waals surface area contributed by atoms with E-state index in [4.69, 9.17) is 0 Å². The van der Waals surface area contributed by atoms with Crippen LogP contribution >= 0.6 is 15.9 Å². The molecule has 0 radical (unpaired) electrons. The molecular weight excluding hydrogens is 492 g/mol. The second-order valence-corrected chi connectivity index (χ2v) is 9.85. The van der Waals surface area contributed by atoms with Gasteiger partial charge in [-0.1, -0.05) is 44.2 Å². The number of halogens is 3. The third-order valence-electron chi connectivity index (χ3n) is 5.49. The molecule has 0 saturated carbocycles. The highest BCUT2D eigenvalue weighted by Crippen LogP contribution is 2.29. The number of carbonyl (C=O) groups excluding carboxylic acids is 2. The predicted molar refractivity (Wildman–Crippen MR) is 129 cm³/mol. The van der Waals surface area contributed by atoms with Crippen LogP contribution in [0.5, 0.6) is 0 Å². The van der Waals surface area contributed by atoms with Gasteiger partial charge in [0, 0.05) is 41.3 Å². The Hall–Kier alpha value is -2.74. The van der Waals surface area contributed by atoms with Gasteiger partial charge in [-0.05, 0) is 57.1 Å². The highest BCUT2D eigenvalue weighted by atomic mass is 79.9. The lowest BCUT2D eigenvalue weighted by molar-refractivity contribution is -0.123. The molecule has 0 spiro atoms. The second kappa shape index (κ2) is 10.5. The molecule has 2 amide bonds. The monoisotopic (exact) mass is 519 g/mol. The number of rotatable bonds is 9. The fourth-order valence-electron chi connectivity index (χ4n) is 3.64. The van der Waals surface area contributed by atoms with E-state index in [9.17, 15) is 18.4 Å². The van der Waals surface area contributed by atoms with Crippen LogP contribution in [0.2, 0.25) is 0 Å². The molecule has 3 N–H and O–H groups in total. The zero-order chi connectivity index (χ0) is 24.2. The molecule has 0 bridgehead atoms. The molecular formula is C25H28BrF2N3O2. The number of aryl methyl sites for hydroxylation is 1. The standard InChI is InChI=1S/C25H28BrF2N3O2/c1-15-4-9-19-18(23(15)26)10-20(31-19)24(33)30-14-17-7-5-16(6-8-17)13-29-22(32)12-25(2,3)11-21(27)28/h4-10,21,31H,11-14H2,1-3H3,(H,29,32)(H,30,33). The van der Waals surface area contributed by atoms with Crippen LogP contribution in [0.1, 0.15) is 53.9 Å². The molecule has 3 rings (SSSR count). The van der Waals surface area contributed by atoms with E-state index in [0.717, 1.165) is 32.1 Å². The number of nitrogens with one attached hydrogen (secondary N) is 3. The van der Waals surface area contributed by atoms with Crippen molar-refractivity contribution in [2.45, 2.75) is 53.1 Å². The van der Waals surface area contributed by atoms with Gasteiger partial charge in [0.2, 0.25) is 12.3 Å². The highest BCUT2D eigenvalue weighted by molar-refractivity contribution is 9.10. The molecule has 0 atom stereocenters. The van der Waals surface area contributed by atoms with Crippen LogP contribution in [0.25, 0.3) is 10.9 Å². The predicted octanol–water partition coefficient (Wildman–Crippen LogP) is 5.86. The molecule has 2 aromatic carbocycles. The number of carbonyl (C=O) groups is 2. The van der Waals surface area contributed by atoms with E-state index in [-0.39, 0.29) is 24.7 Å². The van der Waals surface area contributed by atoms with Crippen LogP contribution in [0.4, 0.5) is 8.78 Å². The van der Waals surface area contributed by atoms with E-state index >= 15 is 0 Å². The summed E-state index contributed by atoms with van der Waals surface area (Å²) in [7, 11) is 0. The number of hydrogen-bond donors (Lipinski definition) is 3. The maximum atomic E-state index is 12.6. The smallest absolute Gasteiger partial charge is 0.267 e. The molecule has 1 heterocycles. The summed E-state index contributed by atoms with van der Waals surface area (Å²) < 4.78 is 26.2. The Morgan fingerprint density at radius 1 is 1.03 bits per heavy atom. The summed E-state index contributed by atoms with van der Waals surface area (Å²) in [6, 6.07) is 13.3. The average molecular weight is 520 g/mol. The summed E-state index contributed by atoms with van der Waals surface area (Å²) in [5, 5.41) is 6.65. The number of hydrogen-bond acceptors (Lipinski definition) is 2. The number of alkyl halides is 2. The van der Waals surface area contributed by atoms with E-state index in [0.29, 0.717) is 18.8 Å². The first-order valence-corrected chi connectivity index (χ1v) is 11.5. The van der Waals surface area contributed by atoms with Gasteiger partial charge in [-0.3, -0.25) is 9.59 Å². The van der Waals surface area contributed by atoms with Crippen molar-refractivity contribution in [3.8, 4) is 0 Å². The molecule has 1 aromatic heterocycles. The van der Waals surface area contributed by atoms with E-state index < -0.39 is 11.8 Å². The minimum absolute atomic E-state index is 0.0470. The maximum absolute atomic E-state index is 12.6. The molecule has 5 nitrogen and oxygen atoms in total. The average Bonchev–Trinajstić information content (AvgIpc) is 3.18. The van der Waals surface area contributed by atoms with Crippen molar-refractivity contribution in [3.63, 3.8) is 0 Å². The Bertz CT molecular complexity index is 1140. The van der Waals surface area contributed by atoms with Gasteiger partial charge in [0.25, 0.3) is 5.91 Å². The number of benzene rings is 2. The molecule has 0 aliphatic carbocycles. The molecule has 0 aliphatic heterocycles. The van der Waals surface area contributed by atoms with Crippen molar-refractivity contribution < 1.29 is 18.4 Å². The minimum atomic E-state index is -2.43. The van der Waals surface area contributed by atoms with Gasteiger partial charge >= 0.3 is 0 Å². The zero-order valence-electron chi connectivity index (χ0n) is 18.9. The molecule has 0 fully saturated rings. The molecule has 8 heteroatoms. The topological polar surface area (TPSA) is 74.0 Å². The first kappa shape index (κ1) is 24.9. The quantitative estimate of drug-likeness (QED) is 0.331. The number of fused-ring (bicyclic) bond motifs is 1. The van der Waals surface area contributed by atoms with Gasteiger partial charge < -0.3 is 15.6 Å². The summed E-state index contributed by atoms with van der Waals surface area (Å²) in [4.78, 5) is 27.8. The van der Waals surface area contributed by atoms with Crippen LogP contribution in [0.15, 0.2) is 46.9 Å². The van der Waals surface area contributed by atoms with Gasteiger partial charge in [-0.25, -0.2) is 8.78 Å². The fourth-order valence-corrected chi connectivity index (χ4v) is 4.10. The van der Waals surface area contributed by atoms with E-state index in [1.165, 1.54) is 0 Å². The number of H-pyrrole nitrogens is 1. The van der Waals surface area contributed by atoms with Gasteiger partial charge in [-0.2, -0.15) is 0 Å². The molecule has 0 saturated heterocycles. The van der Waals surface area contributed by atoms with E-state index in [1.54, 1.807) is 13.8 Å². The van der Waals surface area contributed by atoms with Crippen LogP contribution < -0.4 is 10.6 Å². The summed E-state index contributed by atoms with van der Waals surface area (Å²) >= 11 is 3.56. The number of aromatic nitrogens is 1. The summed E-state index contributed by atoms with van der Waals surface area (Å²) in [6.45, 7) is 6.01. The Morgan fingerprint density at radius 2 is 1.64 bits per heavy atom. The normalized spacial score (nSPS) is 11.7. The van der Waals surface area contributed by atoms with E-state index in [2.05, 4.69) is 31.5 Å². The first-order valence-electron chi connectivity index (χ1n) is 10.7. The highest BCUT2D eigenvalue weighted by Gasteiger charge is 2.26. The lowest BCUT2D eigenvalue weighted by Gasteiger charge is -2.23. The third-order valence-corrected chi connectivity index (χ3v) is 6.54. The van der Waals surface area contributed by atoms with Gasteiger partial charge in [-0.15, -0.1) is 0 Å². The fraction of sp³-hybridized carbons (Fsp3) is 0.360. The van der Waals surface area contributed by atoms with Gasteiger partial charge in [0.15, 0.2) is 0 Å². The van der Waals surface area contributed by atoms with Crippen LogP contribution in [-0.2, 0) is 17.9 Å². The molecule has 3 aromatic rings. The van der Waals surface area contributed by atoms with Crippen LogP contribution in [0, 0.1) is 12.3 Å². The maximum Gasteiger partial charge on any atom is 0.267 e. The van der Waals surface area contributed by atoms with Crippen molar-refractivity contribution in [1.82, 2.24) is 15.6 Å². The third kappa shape index (κ3) is 6.87. The van der Waals surface area contributed by atoms with Crippen LogP contribution in [-0.4, -0.2) is 23.2 Å². The number of aromatic amines is 1. The van der Waals surface area contributed by atoms with Crippen molar-refractivity contribution in [1.29, 1.82) is 0 Å². The Kier molecular flexibility index (Phi) is 7.89. The summed E-state index contributed by atoms with van der Waals surface area (Å²) in [6.07, 6.45) is -2.69. The molecule has 176 valence electrons. The SMILES string of the molecule is Cc1ccc2[nH]c(C(=O)NCc3ccc(CNC(=O)CC(C)(C)CC(F)F)cc3)cc2c1Br. The second-order valence-electron chi connectivity index (χ2n) is 9.05. The summed E-state index contributed by atoms with van der Waals surface area (Å²) in [5.74, 6) is -0.448. The molecule has 0 aliphatic rings. The number of amides is 2. The Labute approximate surface area is 200 Å². The van der Waals surface area contributed by atoms with Crippen molar-refractivity contribution in [2.75, 3.05) is 0 Å². The summed E-state index contributed by atoms with van der Waals surface area (Å²) in [5.41, 5.74) is 3.54. The van der Waals surface area contributed by atoms with Crippen molar-refractivity contribution in [3.05, 3.63) is 69.3 Å².